The van der Waals surface area contributed by atoms with Crippen molar-refractivity contribution in [3.05, 3.63) is 58.0 Å². The molecular formula is C22H18N2O3S. The van der Waals surface area contributed by atoms with Gasteiger partial charge in [0.1, 0.15) is 16.8 Å². The number of aldehydes is 1. The first-order chi connectivity index (χ1) is 13.7. The van der Waals surface area contributed by atoms with Crippen molar-refractivity contribution >= 4 is 39.3 Å². The van der Waals surface area contributed by atoms with Crippen LogP contribution in [0.25, 0.3) is 10.8 Å². The number of thiophene rings is 1. The third-order valence-corrected chi connectivity index (χ3v) is 6.15. The number of nitrogens with one attached hydrogen (secondary N) is 1. The summed E-state index contributed by atoms with van der Waals surface area (Å²) in [5.41, 5.74) is 2.08. The molecule has 1 aliphatic rings. The maximum Gasteiger partial charge on any atom is 0.262 e. The first kappa shape index (κ1) is 18.2. The second kappa shape index (κ2) is 7.83. The summed E-state index contributed by atoms with van der Waals surface area (Å²) in [6.45, 7) is -0.230. The topological polar surface area (TPSA) is 79.2 Å². The molecule has 1 aromatic heterocycles. The van der Waals surface area contributed by atoms with E-state index in [2.05, 4.69) is 11.4 Å². The summed E-state index contributed by atoms with van der Waals surface area (Å²) in [5.74, 6) is 0.0231. The lowest BCUT2D eigenvalue weighted by molar-refractivity contribution is -0.118. The van der Waals surface area contributed by atoms with Crippen LogP contribution < -0.4 is 10.1 Å². The number of ether oxygens (including phenoxy) is 1. The van der Waals surface area contributed by atoms with E-state index in [1.165, 1.54) is 16.2 Å². The number of aryl methyl sites for hydroxylation is 1. The number of amides is 1. The zero-order chi connectivity index (χ0) is 19.5. The Morgan fingerprint density at radius 1 is 1.21 bits per heavy atom. The molecule has 1 heterocycles. The van der Waals surface area contributed by atoms with Gasteiger partial charge in [-0.15, -0.1) is 11.3 Å². The Hall–Kier alpha value is -3.17. The third kappa shape index (κ3) is 3.37. The number of rotatable bonds is 5. The number of nitrogens with zero attached hydrogens (tertiary/aromatic N) is 1. The average molecular weight is 390 g/mol. The maximum atomic E-state index is 12.4. The van der Waals surface area contributed by atoms with Crippen molar-refractivity contribution in [3.63, 3.8) is 0 Å². The van der Waals surface area contributed by atoms with Gasteiger partial charge in [-0.05, 0) is 48.1 Å². The van der Waals surface area contributed by atoms with Gasteiger partial charge in [0.15, 0.2) is 12.9 Å². The number of anilines is 1. The summed E-state index contributed by atoms with van der Waals surface area (Å²) in [4.78, 5) is 25.2. The SMILES string of the molecule is N#Cc1c(NC(=O)COc2ccc3ccccc3c2C=O)sc2c1CCCC2. The Morgan fingerprint density at radius 2 is 2.04 bits per heavy atom. The Balaban J connectivity index is 1.50. The molecule has 0 spiro atoms. The zero-order valence-corrected chi connectivity index (χ0v) is 16.0. The van der Waals surface area contributed by atoms with Gasteiger partial charge in [-0.3, -0.25) is 9.59 Å². The van der Waals surface area contributed by atoms with Crippen molar-refractivity contribution in [2.75, 3.05) is 11.9 Å². The fourth-order valence-corrected chi connectivity index (χ4v) is 4.86. The molecule has 0 unspecified atom stereocenters. The smallest absolute Gasteiger partial charge is 0.262 e. The molecule has 0 aliphatic heterocycles. The van der Waals surface area contributed by atoms with Gasteiger partial charge in [0.05, 0.1) is 11.1 Å². The van der Waals surface area contributed by atoms with E-state index in [-0.39, 0.29) is 12.5 Å². The highest BCUT2D eigenvalue weighted by atomic mass is 32.1. The first-order valence-corrected chi connectivity index (χ1v) is 9.97. The molecule has 4 rings (SSSR count). The van der Waals surface area contributed by atoms with E-state index in [9.17, 15) is 14.9 Å². The minimum atomic E-state index is -0.347. The van der Waals surface area contributed by atoms with E-state index in [1.54, 1.807) is 6.07 Å². The van der Waals surface area contributed by atoms with Gasteiger partial charge in [-0.2, -0.15) is 5.26 Å². The van der Waals surface area contributed by atoms with E-state index >= 15 is 0 Å². The molecule has 140 valence electrons. The number of nitriles is 1. The van der Waals surface area contributed by atoms with Crippen LogP contribution in [0.1, 0.15) is 39.2 Å². The van der Waals surface area contributed by atoms with Crippen molar-refractivity contribution in [2.45, 2.75) is 25.7 Å². The Bertz CT molecular complexity index is 1110. The molecule has 5 nitrogen and oxygen atoms in total. The second-order valence-corrected chi connectivity index (χ2v) is 7.79. The predicted molar refractivity (Wildman–Crippen MR) is 109 cm³/mol. The van der Waals surface area contributed by atoms with Gasteiger partial charge in [-0.25, -0.2) is 0 Å². The van der Waals surface area contributed by atoms with Crippen LogP contribution in [-0.2, 0) is 17.6 Å². The number of carbonyl (C=O) groups is 2. The molecule has 1 amide bonds. The number of hydrogen-bond acceptors (Lipinski definition) is 5. The maximum absolute atomic E-state index is 12.4. The number of benzene rings is 2. The third-order valence-electron chi connectivity index (χ3n) is 4.94. The molecule has 0 atom stereocenters. The van der Waals surface area contributed by atoms with Crippen LogP contribution in [0.3, 0.4) is 0 Å². The van der Waals surface area contributed by atoms with E-state index in [1.807, 2.05) is 30.3 Å². The highest BCUT2D eigenvalue weighted by molar-refractivity contribution is 7.16. The molecule has 0 saturated heterocycles. The number of fused-ring (bicyclic) bond motifs is 2. The van der Waals surface area contributed by atoms with Crippen LogP contribution in [0.4, 0.5) is 5.00 Å². The molecule has 1 N–H and O–H groups in total. The molecule has 2 aromatic carbocycles. The van der Waals surface area contributed by atoms with E-state index in [4.69, 9.17) is 4.74 Å². The van der Waals surface area contributed by atoms with Crippen molar-refractivity contribution in [3.8, 4) is 11.8 Å². The summed E-state index contributed by atoms with van der Waals surface area (Å²) in [6.07, 6.45) is 4.79. The molecule has 0 fully saturated rings. The fraction of sp³-hybridized carbons (Fsp3) is 0.227. The summed E-state index contributed by atoms with van der Waals surface area (Å²) in [7, 11) is 0. The molecule has 28 heavy (non-hydrogen) atoms. The monoisotopic (exact) mass is 390 g/mol. The first-order valence-electron chi connectivity index (χ1n) is 9.15. The van der Waals surface area contributed by atoms with Gasteiger partial charge >= 0.3 is 0 Å². The van der Waals surface area contributed by atoms with Crippen LogP contribution in [0, 0.1) is 11.3 Å². The van der Waals surface area contributed by atoms with Crippen LogP contribution in [0.2, 0.25) is 0 Å². The van der Waals surface area contributed by atoms with Crippen LogP contribution in [0.5, 0.6) is 5.75 Å². The van der Waals surface area contributed by atoms with Crippen molar-refractivity contribution in [2.24, 2.45) is 0 Å². The summed E-state index contributed by atoms with van der Waals surface area (Å²) in [6, 6.07) is 13.3. The van der Waals surface area contributed by atoms with Crippen molar-refractivity contribution in [1.82, 2.24) is 0 Å². The molecule has 0 saturated carbocycles. The van der Waals surface area contributed by atoms with Gasteiger partial charge in [0.2, 0.25) is 0 Å². The highest BCUT2D eigenvalue weighted by Gasteiger charge is 2.22. The normalized spacial score (nSPS) is 12.8. The summed E-state index contributed by atoms with van der Waals surface area (Å²) in [5, 5.41) is 14.6. The van der Waals surface area contributed by atoms with Crippen molar-refractivity contribution < 1.29 is 14.3 Å². The van der Waals surface area contributed by atoms with Gasteiger partial charge in [-0.1, -0.05) is 30.3 Å². The minimum Gasteiger partial charge on any atom is -0.483 e. The molecule has 0 radical (unpaired) electrons. The fourth-order valence-electron chi connectivity index (χ4n) is 3.60. The standard InChI is InChI=1S/C22H18N2O3S/c23-11-17-16-7-3-4-8-20(16)28-22(17)24-21(26)13-27-19-10-9-14-5-1-2-6-15(14)18(19)12-25/h1-2,5-6,9-10,12H,3-4,7-8,13H2,(H,24,26). The quantitative estimate of drug-likeness (QED) is 0.652. The predicted octanol–water partition coefficient (Wildman–Crippen LogP) is 4.48. The Labute approximate surface area is 166 Å². The second-order valence-electron chi connectivity index (χ2n) is 6.68. The molecular weight excluding hydrogens is 372 g/mol. The van der Waals surface area contributed by atoms with Gasteiger partial charge in [0.25, 0.3) is 5.91 Å². The average Bonchev–Trinajstić information content (AvgIpc) is 3.08. The van der Waals surface area contributed by atoms with E-state index in [0.29, 0.717) is 21.9 Å². The van der Waals surface area contributed by atoms with E-state index in [0.717, 1.165) is 48.3 Å². The molecule has 3 aromatic rings. The van der Waals surface area contributed by atoms with Gasteiger partial charge < -0.3 is 10.1 Å². The van der Waals surface area contributed by atoms with Crippen LogP contribution in [-0.4, -0.2) is 18.8 Å². The van der Waals surface area contributed by atoms with Crippen LogP contribution in [0.15, 0.2) is 36.4 Å². The molecule has 0 bridgehead atoms. The van der Waals surface area contributed by atoms with Crippen LogP contribution >= 0.6 is 11.3 Å². The minimum absolute atomic E-state index is 0.230. The molecule has 1 aliphatic carbocycles. The lowest BCUT2D eigenvalue weighted by Gasteiger charge is -2.11. The summed E-state index contributed by atoms with van der Waals surface area (Å²) >= 11 is 1.48. The van der Waals surface area contributed by atoms with E-state index < -0.39 is 0 Å². The zero-order valence-electron chi connectivity index (χ0n) is 15.2. The Kier molecular flexibility index (Phi) is 5.09. The van der Waals surface area contributed by atoms with Crippen molar-refractivity contribution in [1.29, 1.82) is 5.26 Å². The highest BCUT2D eigenvalue weighted by Crippen LogP contribution is 2.37. The lowest BCUT2D eigenvalue weighted by Crippen LogP contribution is -2.20. The number of hydrogen-bond donors (Lipinski definition) is 1. The van der Waals surface area contributed by atoms with Gasteiger partial charge in [0, 0.05) is 4.88 Å². The largest absolute Gasteiger partial charge is 0.483 e. The number of carbonyl (C=O) groups excluding carboxylic acids is 2. The molecule has 6 heteroatoms. The Morgan fingerprint density at radius 3 is 2.86 bits per heavy atom. The summed E-state index contributed by atoms with van der Waals surface area (Å²) < 4.78 is 5.62. The lowest BCUT2D eigenvalue weighted by atomic mass is 9.96.